The molecule has 1 aliphatic rings. The summed E-state index contributed by atoms with van der Waals surface area (Å²) in [4.78, 5) is 15.0. The molecule has 0 radical (unpaired) electrons. The molecular weight excluding hydrogens is 254 g/mol. The van der Waals surface area contributed by atoms with Crippen molar-refractivity contribution in [1.82, 2.24) is 10.3 Å². The van der Waals surface area contributed by atoms with E-state index in [1.165, 1.54) is 6.92 Å². The summed E-state index contributed by atoms with van der Waals surface area (Å²) in [5.74, 6) is 0.411. The van der Waals surface area contributed by atoms with Crippen LogP contribution in [0.25, 0.3) is 0 Å². The number of pyridine rings is 1. The normalized spacial score (nSPS) is 19.8. The number of carbonyl (C=O) groups excluding carboxylic acids is 1. The lowest BCUT2D eigenvalue weighted by Gasteiger charge is -2.33. The van der Waals surface area contributed by atoms with Gasteiger partial charge in [0, 0.05) is 19.0 Å². The Morgan fingerprint density at radius 1 is 1.72 bits per heavy atom. The summed E-state index contributed by atoms with van der Waals surface area (Å²) in [6.07, 6.45) is 2.73. The standard InChI is InChI=1S/C12H16ClN3O2/c1-7(10-3-4-14-10)18-9-5-11(16-8(2)17)12(13)15-6-9/h5-7,10,14H,3-4H2,1-2H3,(H,16,17)/t7?,10-/m1/s1. The van der Waals surface area contributed by atoms with Crippen molar-refractivity contribution >= 4 is 23.2 Å². The minimum absolute atomic E-state index is 0.0619. The van der Waals surface area contributed by atoms with Crippen molar-refractivity contribution in [2.45, 2.75) is 32.4 Å². The average Bonchev–Trinajstić information content (AvgIpc) is 2.19. The maximum Gasteiger partial charge on any atom is 0.221 e. The molecule has 6 heteroatoms. The molecule has 2 atom stereocenters. The molecule has 2 heterocycles. The van der Waals surface area contributed by atoms with Crippen molar-refractivity contribution in [3.63, 3.8) is 0 Å². The first-order valence-electron chi connectivity index (χ1n) is 5.89. The number of nitrogens with one attached hydrogen (secondary N) is 2. The molecule has 1 aromatic rings. The van der Waals surface area contributed by atoms with E-state index in [1.807, 2.05) is 6.92 Å². The fourth-order valence-electron chi connectivity index (χ4n) is 1.78. The molecule has 1 unspecified atom stereocenters. The van der Waals surface area contributed by atoms with Crippen LogP contribution in [-0.4, -0.2) is 29.6 Å². The molecule has 2 N–H and O–H groups in total. The molecule has 1 aliphatic heterocycles. The van der Waals surface area contributed by atoms with E-state index >= 15 is 0 Å². The summed E-state index contributed by atoms with van der Waals surface area (Å²) < 4.78 is 5.76. The molecule has 98 valence electrons. The van der Waals surface area contributed by atoms with Gasteiger partial charge in [-0.25, -0.2) is 4.98 Å². The Labute approximate surface area is 111 Å². The highest BCUT2D eigenvalue weighted by Crippen LogP contribution is 2.25. The van der Waals surface area contributed by atoms with E-state index in [0.717, 1.165) is 13.0 Å². The van der Waals surface area contributed by atoms with Crippen LogP contribution in [0.2, 0.25) is 5.15 Å². The highest BCUT2D eigenvalue weighted by atomic mass is 35.5. The number of hydrogen-bond acceptors (Lipinski definition) is 4. The predicted molar refractivity (Wildman–Crippen MR) is 70.0 cm³/mol. The Hall–Kier alpha value is -1.33. The Morgan fingerprint density at radius 2 is 2.44 bits per heavy atom. The van der Waals surface area contributed by atoms with Gasteiger partial charge in [0.1, 0.15) is 11.9 Å². The van der Waals surface area contributed by atoms with E-state index in [9.17, 15) is 4.79 Å². The quantitative estimate of drug-likeness (QED) is 0.819. The van der Waals surface area contributed by atoms with Crippen LogP contribution < -0.4 is 15.4 Å². The second kappa shape index (κ2) is 5.54. The minimum Gasteiger partial charge on any atom is -0.487 e. The number of aromatic nitrogens is 1. The zero-order valence-corrected chi connectivity index (χ0v) is 11.1. The molecule has 1 aromatic heterocycles. The van der Waals surface area contributed by atoms with Crippen LogP contribution in [0.15, 0.2) is 12.3 Å². The van der Waals surface area contributed by atoms with Crippen molar-refractivity contribution in [2.75, 3.05) is 11.9 Å². The Bertz CT molecular complexity index is 449. The molecule has 0 spiro atoms. The van der Waals surface area contributed by atoms with Crippen molar-refractivity contribution < 1.29 is 9.53 Å². The first-order chi connectivity index (χ1) is 8.56. The van der Waals surface area contributed by atoms with Gasteiger partial charge < -0.3 is 15.4 Å². The smallest absolute Gasteiger partial charge is 0.221 e. The van der Waals surface area contributed by atoms with Crippen LogP contribution in [0.4, 0.5) is 5.69 Å². The topological polar surface area (TPSA) is 63.2 Å². The van der Waals surface area contributed by atoms with Crippen LogP contribution in [-0.2, 0) is 4.79 Å². The van der Waals surface area contributed by atoms with Crippen LogP contribution in [0, 0.1) is 0 Å². The largest absolute Gasteiger partial charge is 0.487 e. The molecule has 0 aromatic carbocycles. The molecule has 1 saturated heterocycles. The van der Waals surface area contributed by atoms with Gasteiger partial charge in [0.15, 0.2) is 5.15 Å². The number of ether oxygens (including phenoxy) is 1. The lowest BCUT2D eigenvalue weighted by Crippen LogP contribution is -2.51. The maximum atomic E-state index is 11.0. The van der Waals surface area contributed by atoms with Crippen molar-refractivity contribution in [3.8, 4) is 5.75 Å². The van der Waals surface area contributed by atoms with Gasteiger partial charge >= 0.3 is 0 Å². The van der Waals surface area contributed by atoms with Gasteiger partial charge in [0.25, 0.3) is 0 Å². The first kappa shape index (κ1) is 13.1. The fraction of sp³-hybridized carbons (Fsp3) is 0.500. The van der Waals surface area contributed by atoms with Crippen LogP contribution in [0.5, 0.6) is 5.75 Å². The van der Waals surface area contributed by atoms with Crippen molar-refractivity contribution in [2.24, 2.45) is 0 Å². The van der Waals surface area contributed by atoms with E-state index in [2.05, 4.69) is 15.6 Å². The number of anilines is 1. The molecule has 2 rings (SSSR count). The van der Waals surface area contributed by atoms with Crippen molar-refractivity contribution in [3.05, 3.63) is 17.4 Å². The Balaban J connectivity index is 2.05. The summed E-state index contributed by atoms with van der Waals surface area (Å²) >= 11 is 5.88. The molecule has 5 nitrogen and oxygen atoms in total. The summed E-state index contributed by atoms with van der Waals surface area (Å²) in [5, 5.41) is 6.15. The molecule has 1 fully saturated rings. The number of nitrogens with zero attached hydrogens (tertiary/aromatic N) is 1. The van der Waals surface area contributed by atoms with Crippen LogP contribution >= 0.6 is 11.6 Å². The molecule has 1 amide bonds. The lowest BCUT2D eigenvalue weighted by molar-refractivity contribution is -0.114. The Kier molecular flexibility index (Phi) is 4.04. The van der Waals surface area contributed by atoms with E-state index in [4.69, 9.17) is 16.3 Å². The minimum atomic E-state index is -0.190. The monoisotopic (exact) mass is 269 g/mol. The number of hydrogen-bond donors (Lipinski definition) is 2. The van der Waals surface area contributed by atoms with Gasteiger partial charge in [-0.2, -0.15) is 0 Å². The number of carbonyl (C=O) groups is 1. The third-order valence-electron chi connectivity index (χ3n) is 2.88. The summed E-state index contributed by atoms with van der Waals surface area (Å²) in [5.41, 5.74) is 0.468. The highest BCUT2D eigenvalue weighted by molar-refractivity contribution is 6.32. The van der Waals surface area contributed by atoms with Gasteiger partial charge in [-0.3, -0.25) is 4.79 Å². The van der Waals surface area contributed by atoms with E-state index < -0.39 is 0 Å². The van der Waals surface area contributed by atoms with E-state index in [-0.39, 0.29) is 17.2 Å². The third-order valence-corrected chi connectivity index (χ3v) is 3.18. The van der Waals surface area contributed by atoms with Gasteiger partial charge in [-0.15, -0.1) is 0 Å². The van der Waals surface area contributed by atoms with Gasteiger partial charge in [0.05, 0.1) is 11.9 Å². The molecule has 18 heavy (non-hydrogen) atoms. The summed E-state index contributed by atoms with van der Waals surface area (Å²) in [6, 6.07) is 2.07. The SMILES string of the molecule is CC(=O)Nc1cc(OC(C)[C@H]2CCN2)cnc1Cl. The summed E-state index contributed by atoms with van der Waals surface area (Å²) in [7, 11) is 0. The molecular formula is C12H16ClN3O2. The number of halogens is 1. The van der Waals surface area contributed by atoms with E-state index in [1.54, 1.807) is 12.3 Å². The first-order valence-corrected chi connectivity index (χ1v) is 6.27. The van der Waals surface area contributed by atoms with Crippen LogP contribution in [0.3, 0.4) is 0 Å². The lowest BCUT2D eigenvalue weighted by atomic mass is 10.0. The van der Waals surface area contributed by atoms with Gasteiger partial charge in [0.2, 0.25) is 5.91 Å². The predicted octanol–water partition coefficient (Wildman–Crippen LogP) is 1.82. The van der Waals surface area contributed by atoms with Gasteiger partial charge in [-0.1, -0.05) is 11.6 Å². The average molecular weight is 270 g/mol. The molecule has 0 aliphatic carbocycles. The zero-order valence-electron chi connectivity index (χ0n) is 10.4. The van der Waals surface area contributed by atoms with Gasteiger partial charge in [-0.05, 0) is 19.9 Å². The molecule has 0 saturated carbocycles. The second-order valence-corrected chi connectivity index (χ2v) is 4.72. The molecule has 0 bridgehead atoms. The van der Waals surface area contributed by atoms with Crippen LogP contribution in [0.1, 0.15) is 20.3 Å². The second-order valence-electron chi connectivity index (χ2n) is 4.36. The fourth-order valence-corrected chi connectivity index (χ4v) is 1.93. The summed E-state index contributed by atoms with van der Waals surface area (Å²) in [6.45, 7) is 4.46. The van der Waals surface area contributed by atoms with E-state index in [0.29, 0.717) is 17.5 Å². The third kappa shape index (κ3) is 3.11. The van der Waals surface area contributed by atoms with Crippen molar-refractivity contribution in [1.29, 1.82) is 0 Å². The zero-order chi connectivity index (χ0) is 13.1. The highest BCUT2D eigenvalue weighted by Gasteiger charge is 2.24. The Morgan fingerprint density at radius 3 is 3.00 bits per heavy atom. The number of amides is 1. The number of rotatable bonds is 4. The maximum absolute atomic E-state index is 11.0.